The van der Waals surface area contributed by atoms with Crippen LogP contribution in [0.25, 0.3) is 0 Å². The molecule has 4 heteroatoms. The summed E-state index contributed by atoms with van der Waals surface area (Å²) in [5.74, 6) is 0.314. The number of nitrogens with two attached hydrogens (primary N) is 1. The van der Waals surface area contributed by atoms with E-state index in [1.807, 2.05) is 0 Å². The first kappa shape index (κ1) is 10.9. The number of carbonyl (C=O) groups excluding carboxylic acids is 1. The minimum Gasteiger partial charge on any atom is -0.490 e. The van der Waals surface area contributed by atoms with Crippen LogP contribution in [0.1, 0.15) is 13.3 Å². The molecule has 14 heavy (non-hydrogen) atoms. The predicted octanol–water partition coefficient (Wildman–Crippen LogP) is 1.98. The highest BCUT2D eigenvalue weighted by molar-refractivity contribution is 6.30. The lowest BCUT2D eigenvalue weighted by Gasteiger charge is -2.12. The number of halogens is 1. The third-order valence-electron chi connectivity index (χ3n) is 1.64. The van der Waals surface area contributed by atoms with E-state index in [9.17, 15) is 4.79 Å². The van der Waals surface area contributed by atoms with Crippen molar-refractivity contribution < 1.29 is 9.53 Å². The zero-order valence-corrected chi connectivity index (χ0v) is 8.62. The molecule has 3 nitrogen and oxygen atoms in total. The van der Waals surface area contributed by atoms with Gasteiger partial charge in [-0.25, -0.2) is 0 Å². The van der Waals surface area contributed by atoms with Crippen molar-refractivity contribution >= 4 is 17.5 Å². The van der Waals surface area contributed by atoms with Crippen molar-refractivity contribution in [3.8, 4) is 5.75 Å². The van der Waals surface area contributed by atoms with Crippen LogP contribution in [0.3, 0.4) is 0 Å². The number of ether oxygens (including phenoxy) is 1. The molecule has 1 rings (SSSR count). The predicted molar refractivity (Wildman–Crippen MR) is 55.4 cm³/mol. The van der Waals surface area contributed by atoms with E-state index in [2.05, 4.69) is 0 Å². The van der Waals surface area contributed by atoms with Crippen LogP contribution in [0, 0.1) is 0 Å². The molecule has 0 bridgehead atoms. The second kappa shape index (κ2) is 4.86. The fraction of sp³-hybridized carbons (Fsp3) is 0.300. The van der Waals surface area contributed by atoms with E-state index in [0.717, 1.165) is 0 Å². The SMILES string of the molecule is CC(CC(N)=O)Oc1ccc(Cl)cc1. The van der Waals surface area contributed by atoms with E-state index in [-0.39, 0.29) is 18.4 Å². The maximum atomic E-state index is 10.6. The van der Waals surface area contributed by atoms with Crippen LogP contribution >= 0.6 is 11.6 Å². The van der Waals surface area contributed by atoms with Gasteiger partial charge in [0.2, 0.25) is 5.91 Å². The maximum absolute atomic E-state index is 10.6. The van der Waals surface area contributed by atoms with Crippen LogP contribution in [0.5, 0.6) is 5.75 Å². The molecule has 0 fully saturated rings. The maximum Gasteiger partial charge on any atom is 0.221 e. The zero-order chi connectivity index (χ0) is 10.6. The number of hydrogen-bond acceptors (Lipinski definition) is 2. The number of primary amides is 1. The van der Waals surface area contributed by atoms with E-state index in [1.54, 1.807) is 31.2 Å². The summed E-state index contributed by atoms with van der Waals surface area (Å²) in [5, 5.41) is 0.653. The summed E-state index contributed by atoms with van der Waals surface area (Å²) in [6.45, 7) is 1.79. The summed E-state index contributed by atoms with van der Waals surface area (Å²) < 4.78 is 5.42. The van der Waals surface area contributed by atoms with Gasteiger partial charge in [-0.05, 0) is 31.2 Å². The second-order valence-electron chi connectivity index (χ2n) is 3.05. The molecule has 0 heterocycles. The van der Waals surface area contributed by atoms with Crippen molar-refractivity contribution in [2.45, 2.75) is 19.4 Å². The third-order valence-corrected chi connectivity index (χ3v) is 1.89. The Hall–Kier alpha value is -1.22. The highest BCUT2D eigenvalue weighted by Crippen LogP contribution is 2.17. The number of rotatable bonds is 4. The fourth-order valence-corrected chi connectivity index (χ4v) is 1.20. The summed E-state index contributed by atoms with van der Waals surface area (Å²) in [5.41, 5.74) is 5.03. The Labute approximate surface area is 87.8 Å². The van der Waals surface area contributed by atoms with Gasteiger partial charge in [0, 0.05) is 5.02 Å². The average molecular weight is 214 g/mol. The molecule has 1 aromatic rings. The van der Waals surface area contributed by atoms with Crippen molar-refractivity contribution in [2.75, 3.05) is 0 Å². The van der Waals surface area contributed by atoms with Gasteiger partial charge in [0.25, 0.3) is 0 Å². The minimum atomic E-state index is -0.369. The standard InChI is InChI=1S/C10H12ClNO2/c1-7(6-10(12)13)14-9-4-2-8(11)3-5-9/h2-5,7H,6H2,1H3,(H2,12,13). The first-order valence-corrected chi connectivity index (χ1v) is 4.66. The molecule has 0 aliphatic carbocycles. The first-order chi connectivity index (χ1) is 6.58. The van der Waals surface area contributed by atoms with Gasteiger partial charge in [0.15, 0.2) is 0 Å². The zero-order valence-electron chi connectivity index (χ0n) is 7.87. The lowest BCUT2D eigenvalue weighted by atomic mass is 10.2. The molecule has 0 saturated carbocycles. The van der Waals surface area contributed by atoms with Crippen molar-refractivity contribution in [3.63, 3.8) is 0 Å². The topological polar surface area (TPSA) is 52.3 Å². The van der Waals surface area contributed by atoms with Crippen molar-refractivity contribution in [1.82, 2.24) is 0 Å². The molecule has 0 aliphatic rings. The molecule has 76 valence electrons. The molecular formula is C10H12ClNO2. The Morgan fingerprint density at radius 1 is 1.50 bits per heavy atom. The van der Waals surface area contributed by atoms with Crippen LogP contribution in [0.4, 0.5) is 0 Å². The lowest BCUT2D eigenvalue weighted by Crippen LogP contribution is -2.22. The summed E-state index contributed by atoms with van der Waals surface area (Å²) >= 11 is 5.70. The molecule has 0 spiro atoms. The molecule has 1 atom stereocenters. The van der Waals surface area contributed by atoms with Crippen molar-refractivity contribution in [3.05, 3.63) is 29.3 Å². The minimum absolute atomic E-state index is 0.211. The van der Waals surface area contributed by atoms with Gasteiger partial charge >= 0.3 is 0 Å². The average Bonchev–Trinajstić information content (AvgIpc) is 2.07. The van der Waals surface area contributed by atoms with Crippen LogP contribution < -0.4 is 10.5 Å². The molecule has 2 N–H and O–H groups in total. The van der Waals surface area contributed by atoms with Crippen LogP contribution in [-0.4, -0.2) is 12.0 Å². The number of amides is 1. The molecule has 1 unspecified atom stereocenters. The van der Waals surface area contributed by atoms with Gasteiger partial charge in [-0.3, -0.25) is 4.79 Å². The first-order valence-electron chi connectivity index (χ1n) is 4.28. The summed E-state index contributed by atoms with van der Waals surface area (Å²) in [7, 11) is 0. The molecular weight excluding hydrogens is 202 g/mol. The molecule has 0 radical (unpaired) electrons. The Morgan fingerprint density at radius 3 is 2.57 bits per heavy atom. The molecule has 1 amide bonds. The quantitative estimate of drug-likeness (QED) is 0.832. The van der Waals surface area contributed by atoms with Crippen LogP contribution in [-0.2, 0) is 4.79 Å². The Kier molecular flexibility index (Phi) is 3.77. The highest BCUT2D eigenvalue weighted by atomic mass is 35.5. The highest BCUT2D eigenvalue weighted by Gasteiger charge is 2.07. The third kappa shape index (κ3) is 3.66. The number of carbonyl (C=O) groups is 1. The van der Waals surface area contributed by atoms with E-state index in [1.165, 1.54) is 0 Å². The van der Waals surface area contributed by atoms with Gasteiger partial charge in [-0.2, -0.15) is 0 Å². The summed E-state index contributed by atoms with van der Waals surface area (Å²) in [6.07, 6.45) is -0.00325. The van der Waals surface area contributed by atoms with E-state index >= 15 is 0 Å². The largest absolute Gasteiger partial charge is 0.490 e. The number of hydrogen-bond donors (Lipinski definition) is 1. The Bertz CT molecular complexity index is 310. The molecule has 1 aromatic carbocycles. The Balaban J connectivity index is 2.51. The fourth-order valence-electron chi connectivity index (χ4n) is 1.07. The van der Waals surface area contributed by atoms with Gasteiger partial charge < -0.3 is 10.5 Å². The van der Waals surface area contributed by atoms with E-state index < -0.39 is 0 Å². The van der Waals surface area contributed by atoms with Gasteiger partial charge in [-0.1, -0.05) is 11.6 Å². The van der Waals surface area contributed by atoms with Gasteiger partial charge in [0.05, 0.1) is 6.42 Å². The molecule has 0 saturated heterocycles. The smallest absolute Gasteiger partial charge is 0.221 e. The van der Waals surface area contributed by atoms with Gasteiger partial charge in [0.1, 0.15) is 11.9 Å². The normalized spacial score (nSPS) is 12.1. The lowest BCUT2D eigenvalue weighted by molar-refractivity contribution is -0.119. The molecule has 0 aliphatic heterocycles. The van der Waals surface area contributed by atoms with Crippen molar-refractivity contribution in [1.29, 1.82) is 0 Å². The van der Waals surface area contributed by atoms with Crippen molar-refractivity contribution in [2.24, 2.45) is 5.73 Å². The van der Waals surface area contributed by atoms with Crippen LogP contribution in [0.2, 0.25) is 5.02 Å². The van der Waals surface area contributed by atoms with Crippen LogP contribution in [0.15, 0.2) is 24.3 Å². The van der Waals surface area contributed by atoms with E-state index in [0.29, 0.717) is 10.8 Å². The second-order valence-corrected chi connectivity index (χ2v) is 3.49. The monoisotopic (exact) mass is 213 g/mol. The summed E-state index contributed by atoms with van der Waals surface area (Å²) in [4.78, 5) is 10.6. The molecule has 0 aromatic heterocycles. The Morgan fingerprint density at radius 2 is 2.07 bits per heavy atom. The van der Waals surface area contributed by atoms with Gasteiger partial charge in [-0.15, -0.1) is 0 Å². The number of benzene rings is 1. The summed E-state index contributed by atoms with van der Waals surface area (Å²) in [6, 6.07) is 6.96. The van der Waals surface area contributed by atoms with E-state index in [4.69, 9.17) is 22.1 Å².